The van der Waals surface area contributed by atoms with E-state index in [1.807, 2.05) is 0 Å². The molecule has 2 aliphatic rings. The summed E-state index contributed by atoms with van der Waals surface area (Å²) in [5, 5.41) is 9.58. The van der Waals surface area contributed by atoms with Crippen LogP contribution in [0.4, 0.5) is 4.79 Å². The van der Waals surface area contributed by atoms with Crippen LogP contribution in [0.1, 0.15) is 29.4 Å². The molecule has 0 bridgehead atoms. The molecule has 0 radical (unpaired) electrons. The molecule has 2 saturated heterocycles. The summed E-state index contributed by atoms with van der Waals surface area (Å²) in [4.78, 5) is 51.8. The predicted molar refractivity (Wildman–Crippen MR) is 91.0 cm³/mol. The van der Waals surface area contributed by atoms with Crippen LogP contribution in [0.3, 0.4) is 0 Å². The average molecular weight is 374 g/mol. The van der Waals surface area contributed by atoms with Gasteiger partial charge in [-0.1, -0.05) is 6.92 Å². The van der Waals surface area contributed by atoms with Crippen molar-refractivity contribution in [3.05, 3.63) is 35.2 Å². The molecule has 0 aromatic carbocycles. The van der Waals surface area contributed by atoms with Gasteiger partial charge in [0, 0.05) is 22.7 Å². The van der Waals surface area contributed by atoms with Crippen molar-refractivity contribution in [2.45, 2.75) is 25.4 Å². The van der Waals surface area contributed by atoms with Crippen molar-refractivity contribution in [3.63, 3.8) is 0 Å². The Hall–Kier alpha value is -3.43. The first-order valence-corrected chi connectivity index (χ1v) is 8.09. The Morgan fingerprint density at radius 2 is 2.15 bits per heavy atom. The van der Waals surface area contributed by atoms with Crippen LogP contribution in [-0.2, 0) is 14.3 Å². The second-order valence-electron chi connectivity index (χ2n) is 6.87. The Bertz CT molecular complexity index is 882. The number of pyridine rings is 1. The summed E-state index contributed by atoms with van der Waals surface area (Å²) in [7, 11) is 0. The normalized spacial score (nSPS) is 27.8. The lowest BCUT2D eigenvalue weighted by atomic mass is 9.81. The number of ether oxygens (including phenoxy) is 1. The molecule has 2 fully saturated rings. The molecule has 0 aliphatic carbocycles. The van der Waals surface area contributed by atoms with Gasteiger partial charge in [-0.15, -0.1) is 0 Å². The van der Waals surface area contributed by atoms with E-state index in [0.717, 1.165) is 0 Å². The summed E-state index contributed by atoms with van der Waals surface area (Å²) in [6.07, 6.45) is 2.18. The second kappa shape index (κ2) is 6.38. The Kier molecular flexibility index (Phi) is 4.34. The fraction of sp³-hybridized carbons (Fsp3) is 0.353. The number of hydrogen-bond acceptors (Lipinski definition) is 6. The maximum atomic E-state index is 12.5. The molecule has 3 atom stereocenters. The highest BCUT2D eigenvalue weighted by atomic mass is 16.5. The number of carboxylic acid groups (broad SMARTS) is 1. The number of carbonyl (C=O) groups excluding carboxylic acids is 3. The first-order valence-electron chi connectivity index (χ1n) is 8.09. The lowest BCUT2D eigenvalue weighted by molar-refractivity contribution is -0.155. The van der Waals surface area contributed by atoms with Crippen LogP contribution in [0.15, 0.2) is 23.9 Å². The highest BCUT2D eigenvalue weighted by Gasteiger charge is 2.62. The molecule has 1 aromatic heterocycles. The van der Waals surface area contributed by atoms with Gasteiger partial charge in [-0.05, 0) is 24.6 Å². The first kappa shape index (κ1) is 18.4. The lowest BCUT2D eigenvalue weighted by Gasteiger charge is -2.40. The number of nitrogens with zero attached hydrogens (tertiary/aromatic N) is 2. The van der Waals surface area contributed by atoms with E-state index in [9.17, 15) is 24.3 Å². The number of primary amides is 2. The summed E-state index contributed by atoms with van der Waals surface area (Å²) in [5.74, 6) is -2.25. The zero-order valence-corrected chi connectivity index (χ0v) is 14.4. The topological polar surface area (TPSA) is 166 Å². The first-order chi connectivity index (χ1) is 12.6. The van der Waals surface area contributed by atoms with Crippen LogP contribution in [0.5, 0.6) is 0 Å². The highest BCUT2D eigenvalue weighted by Crippen LogP contribution is 2.49. The standard InChI is InChI=1S/C17H18N4O6/c1-17(7-27-16(19)26)6-11-10(14(23)21(11)12(17)15(24)25)5-9-4-8(13(18)22)2-3-20-9/h2-5,11-12H,6-7H2,1H3,(H2,18,22)(H2,19,26)(H,24,25)/b10-5+/t11?,12-,17-/m0/s1. The van der Waals surface area contributed by atoms with Gasteiger partial charge in [0.1, 0.15) is 12.6 Å². The van der Waals surface area contributed by atoms with Crippen LogP contribution in [-0.4, -0.2) is 57.6 Å². The molecule has 10 nitrogen and oxygen atoms in total. The fourth-order valence-corrected chi connectivity index (χ4v) is 3.70. The van der Waals surface area contributed by atoms with E-state index < -0.39 is 41.4 Å². The van der Waals surface area contributed by atoms with Gasteiger partial charge in [-0.25, -0.2) is 9.59 Å². The van der Waals surface area contributed by atoms with Gasteiger partial charge in [-0.3, -0.25) is 14.6 Å². The van der Waals surface area contributed by atoms with Gasteiger partial charge in [0.05, 0.1) is 11.7 Å². The van der Waals surface area contributed by atoms with Gasteiger partial charge in [0.15, 0.2) is 0 Å². The number of rotatable bonds is 5. The Morgan fingerprint density at radius 1 is 1.44 bits per heavy atom. The molecule has 5 N–H and O–H groups in total. The second-order valence-corrected chi connectivity index (χ2v) is 6.87. The fourth-order valence-electron chi connectivity index (χ4n) is 3.70. The quantitative estimate of drug-likeness (QED) is 0.471. The lowest BCUT2D eigenvalue weighted by Crippen LogP contribution is -2.58. The molecular formula is C17H18N4O6. The van der Waals surface area contributed by atoms with Crippen LogP contribution in [0.25, 0.3) is 6.08 Å². The van der Waals surface area contributed by atoms with Crippen molar-refractivity contribution in [3.8, 4) is 0 Å². The smallest absolute Gasteiger partial charge is 0.404 e. The number of fused-ring (bicyclic) bond motifs is 1. The summed E-state index contributed by atoms with van der Waals surface area (Å²) >= 11 is 0. The maximum Gasteiger partial charge on any atom is 0.404 e. The van der Waals surface area contributed by atoms with Crippen molar-refractivity contribution in [2.24, 2.45) is 16.9 Å². The maximum absolute atomic E-state index is 12.5. The van der Waals surface area contributed by atoms with Crippen molar-refractivity contribution < 1.29 is 29.0 Å². The number of nitrogens with two attached hydrogens (primary N) is 2. The molecule has 3 amide bonds. The number of carboxylic acids is 1. The molecule has 1 aromatic rings. The molecule has 0 spiro atoms. The zero-order chi connectivity index (χ0) is 19.9. The summed E-state index contributed by atoms with van der Waals surface area (Å²) < 4.78 is 4.82. The summed E-state index contributed by atoms with van der Waals surface area (Å²) in [6.45, 7) is 1.41. The summed E-state index contributed by atoms with van der Waals surface area (Å²) in [5.41, 5.74) is 10.2. The average Bonchev–Trinajstić information content (AvgIpc) is 2.89. The largest absolute Gasteiger partial charge is 0.480 e. The number of hydrogen-bond donors (Lipinski definition) is 3. The van der Waals surface area contributed by atoms with Crippen LogP contribution >= 0.6 is 0 Å². The van der Waals surface area contributed by atoms with Gasteiger partial charge in [0.2, 0.25) is 5.91 Å². The number of aliphatic carboxylic acids is 1. The van der Waals surface area contributed by atoms with Crippen molar-refractivity contribution in [2.75, 3.05) is 6.61 Å². The van der Waals surface area contributed by atoms with E-state index in [1.54, 1.807) is 6.92 Å². The summed E-state index contributed by atoms with van der Waals surface area (Å²) in [6, 6.07) is 1.30. The molecule has 142 valence electrons. The number of amides is 3. The van der Waals surface area contributed by atoms with Gasteiger partial charge in [0.25, 0.3) is 5.91 Å². The van der Waals surface area contributed by atoms with E-state index >= 15 is 0 Å². The van der Waals surface area contributed by atoms with Crippen LogP contribution in [0.2, 0.25) is 0 Å². The van der Waals surface area contributed by atoms with Crippen molar-refractivity contribution >= 4 is 30.0 Å². The Balaban J connectivity index is 1.90. The van der Waals surface area contributed by atoms with Crippen molar-refractivity contribution in [1.29, 1.82) is 0 Å². The molecule has 0 saturated carbocycles. The molecule has 1 unspecified atom stereocenters. The van der Waals surface area contributed by atoms with Gasteiger partial charge >= 0.3 is 12.1 Å². The molecule has 27 heavy (non-hydrogen) atoms. The third kappa shape index (κ3) is 3.09. The van der Waals surface area contributed by atoms with Crippen LogP contribution in [0, 0.1) is 5.41 Å². The van der Waals surface area contributed by atoms with E-state index in [-0.39, 0.29) is 18.6 Å². The minimum absolute atomic E-state index is 0.220. The minimum Gasteiger partial charge on any atom is -0.480 e. The monoisotopic (exact) mass is 374 g/mol. The molecule has 3 rings (SSSR count). The Labute approximate surface area is 153 Å². The Morgan fingerprint density at radius 3 is 2.74 bits per heavy atom. The highest BCUT2D eigenvalue weighted by molar-refractivity contribution is 6.08. The molecular weight excluding hydrogens is 356 g/mol. The zero-order valence-electron chi connectivity index (χ0n) is 14.4. The SMILES string of the molecule is C[C@@]1(COC(N)=O)CC2/C(=C\c3cc(C(N)=O)ccn3)C(=O)N2[C@H]1C(=O)O. The van der Waals surface area contributed by atoms with Crippen LogP contribution < -0.4 is 11.5 Å². The van der Waals surface area contributed by atoms with Gasteiger partial charge < -0.3 is 26.2 Å². The molecule has 3 heterocycles. The third-order valence-corrected chi connectivity index (χ3v) is 4.92. The minimum atomic E-state index is -1.19. The number of aromatic nitrogens is 1. The molecule has 10 heteroatoms. The van der Waals surface area contributed by atoms with Gasteiger partial charge in [-0.2, -0.15) is 0 Å². The van der Waals surface area contributed by atoms with E-state index in [0.29, 0.717) is 11.3 Å². The van der Waals surface area contributed by atoms with E-state index in [2.05, 4.69) is 4.98 Å². The van der Waals surface area contributed by atoms with Crippen molar-refractivity contribution in [1.82, 2.24) is 9.88 Å². The number of carbonyl (C=O) groups is 4. The third-order valence-electron chi connectivity index (χ3n) is 4.92. The molecule has 2 aliphatic heterocycles. The van der Waals surface area contributed by atoms with E-state index in [4.69, 9.17) is 16.2 Å². The predicted octanol–water partition coefficient (Wildman–Crippen LogP) is -0.267. The number of β-lactam (4-membered cyclic amide) rings is 1. The van der Waals surface area contributed by atoms with E-state index in [1.165, 1.54) is 29.3 Å².